The summed E-state index contributed by atoms with van der Waals surface area (Å²) in [5, 5.41) is 2.21. The summed E-state index contributed by atoms with van der Waals surface area (Å²) in [6.07, 6.45) is -1.23. The second-order valence-corrected chi connectivity index (χ2v) is 10.3. The van der Waals surface area contributed by atoms with Crippen LogP contribution in [-0.4, -0.2) is 40.5 Å². The van der Waals surface area contributed by atoms with Gasteiger partial charge in [-0.1, -0.05) is 23.2 Å². The molecule has 1 amide bonds. The van der Waals surface area contributed by atoms with Crippen molar-refractivity contribution in [2.75, 3.05) is 29.0 Å². The van der Waals surface area contributed by atoms with E-state index in [2.05, 4.69) is 10.0 Å². The molecule has 0 bridgehead atoms. The van der Waals surface area contributed by atoms with Crippen molar-refractivity contribution in [1.29, 1.82) is 0 Å². The molecule has 8 nitrogen and oxygen atoms in total. The van der Waals surface area contributed by atoms with Crippen LogP contribution in [0.5, 0.6) is 0 Å². The summed E-state index contributed by atoms with van der Waals surface area (Å²) in [5.74, 6) is -2.17. The zero-order valence-electron chi connectivity index (χ0n) is 19.4. The molecule has 12 heteroatoms. The Morgan fingerprint density at radius 1 is 0.944 bits per heavy atom. The second kappa shape index (κ2) is 11.2. The number of benzene rings is 3. The minimum Gasteiger partial charge on any atom is -0.449 e. The highest BCUT2D eigenvalue weighted by Crippen LogP contribution is 2.31. The van der Waals surface area contributed by atoms with Gasteiger partial charge in [0.25, 0.3) is 15.9 Å². The van der Waals surface area contributed by atoms with E-state index >= 15 is 0 Å². The zero-order chi connectivity index (χ0) is 26.6. The Hall–Kier alpha value is -3.34. The van der Waals surface area contributed by atoms with Gasteiger partial charge in [0.05, 0.1) is 15.6 Å². The molecular formula is C24H22Cl2FN3O5S. The monoisotopic (exact) mass is 553 g/mol. The lowest BCUT2D eigenvalue weighted by atomic mass is 10.2. The molecule has 0 heterocycles. The summed E-state index contributed by atoms with van der Waals surface area (Å²) in [6.45, 7) is 1.36. The second-order valence-electron chi connectivity index (χ2n) is 7.85. The van der Waals surface area contributed by atoms with E-state index < -0.39 is 38.7 Å². The number of carbonyl (C=O) groups is 2. The summed E-state index contributed by atoms with van der Waals surface area (Å²) in [4.78, 5) is 26.7. The Morgan fingerprint density at radius 3 is 2.11 bits per heavy atom. The first-order valence-corrected chi connectivity index (χ1v) is 12.7. The maximum atomic E-state index is 13.1. The van der Waals surface area contributed by atoms with Crippen molar-refractivity contribution in [2.24, 2.45) is 0 Å². The molecule has 2 N–H and O–H groups in total. The van der Waals surface area contributed by atoms with Crippen molar-refractivity contribution >= 4 is 62.2 Å². The average molecular weight is 554 g/mol. The molecule has 1 atom stereocenters. The third kappa shape index (κ3) is 6.66. The van der Waals surface area contributed by atoms with Gasteiger partial charge in [-0.3, -0.25) is 9.52 Å². The molecule has 190 valence electrons. The first-order chi connectivity index (χ1) is 16.9. The standard InChI is InChI=1S/C24H22Cl2FN3O5S/c1-14(23(31)28-16-8-10-18(11-9-16)30(2)3)35-24(32)19-12-22(21(26)13-20(19)25)36(33,34)29-17-6-4-15(27)5-7-17/h4-14,29H,1-3H3,(H,28,31)/t14-/m1/s1. The molecule has 0 aromatic heterocycles. The highest BCUT2D eigenvalue weighted by Gasteiger charge is 2.26. The van der Waals surface area contributed by atoms with Gasteiger partial charge in [-0.25, -0.2) is 17.6 Å². The molecule has 3 aromatic carbocycles. The molecular weight excluding hydrogens is 532 g/mol. The molecule has 0 radical (unpaired) electrons. The van der Waals surface area contributed by atoms with E-state index in [1.807, 2.05) is 31.1 Å². The lowest BCUT2D eigenvalue weighted by molar-refractivity contribution is -0.123. The van der Waals surface area contributed by atoms with Crippen LogP contribution in [-0.2, 0) is 19.6 Å². The number of anilines is 3. The Bertz CT molecular complexity index is 1380. The number of halogens is 3. The van der Waals surface area contributed by atoms with Gasteiger partial charge in [-0.05, 0) is 67.6 Å². The molecule has 3 aromatic rings. The van der Waals surface area contributed by atoms with E-state index in [0.717, 1.165) is 30.0 Å². The van der Waals surface area contributed by atoms with Crippen LogP contribution in [0.3, 0.4) is 0 Å². The van der Waals surface area contributed by atoms with Crippen LogP contribution >= 0.6 is 23.2 Å². The third-order valence-electron chi connectivity index (χ3n) is 4.93. The van der Waals surface area contributed by atoms with Crippen molar-refractivity contribution in [2.45, 2.75) is 17.9 Å². The van der Waals surface area contributed by atoms with Gasteiger partial charge in [0, 0.05) is 31.2 Å². The topological polar surface area (TPSA) is 105 Å². The van der Waals surface area contributed by atoms with E-state index in [1.165, 1.54) is 19.1 Å². The normalized spacial score (nSPS) is 11.9. The SMILES string of the molecule is C[C@@H](OC(=O)c1cc(S(=O)(=O)Nc2ccc(F)cc2)c(Cl)cc1Cl)C(=O)Nc1ccc(N(C)C)cc1. The number of esters is 1. The molecule has 0 fully saturated rings. The number of rotatable bonds is 8. The van der Waals surface area contributed by atoms with Crippen molar-refractivity contribution in [3.8, 4) is 0 Å². The number of hydrogen-bond acceptors (Lipinski definition) is 6. The predicted molar refractivity (Wildman–Crippen MR) is 138 cm³/mol. The van der Waals surface area contributed by atoms with Crippen molar-refractivity contribution in [1.82, 2.24) is 0 Å². The Balaban J connectivity index is 1.75. The van der Waals surface area contributed by atoms with Gasteiger partial charge in [0.1, 0.15) is 10.7 Å². The summed E-state index contributed by atoms with van der Waals surface area (Å²) >= 11 is 12.2. The molecule has 0 aliphatic rings. The molecule has 0 spiro atoms. The smallest absolute Gasteiger partial charge is 0.340 e. The maximum absolute atomic E-state index is 13.1. The fourth-order valence-corrected chi connectivity index (χ4v) is 4.89. The lowest BCUT2D eigenvalue weighted by Crippen LogP contribution is -2.30. The number of hydrogen-bond donors (Lipinski definition) is 2. The van der Waals surface area contributed by atoms with E-state index in [1.54, 1.807) is 12.1 Å². The summed E-state index contributed by atoms with van der Waals surface area (Å²) in [6, 6.07) is 13.6. The van der Waals surface area contributed by atoms with Gasteiger partial charge in [0.2, 0.25) is 0 Å². The summed E-state index contributed by atoms with van der Waals surface area (Å²) in [7, 11) is -0.515. The third-order valence-corrected chi connectivity index (χ3v) is 7.09. The van der Waals surface area contributed by atoms with E-state index in [9.17, 15) is 22.4 Å². The first-order valence-electron chi connectivity index (χ1n) is 10.4. The molecule has 0 aliphatic heterocycles. The van der Waals surface area contributed by atoms with Crippen molar-refractivity contribution in [3.63, 3.8) is 0 Å². The molecule has 0 unspecified atom stereocenters. The average Bonchev–Trinajstić information content (AvgIpc) is 2.80. The molecule has 3 rings (SSSR count). The van der Waals surface area contributed by atoms with Crippen LogP contribution in [0.15, 0.2) is 65.6 Å². The number of carbonyl (C=O) groups excluding carboxylic acids is 2. The molecule has 36 heavy (non-hydrogen) atoms. The Labute approximate surface area is 218 Å². The summed E-state index contributed by atoms with van der Waals surface area (Å²) in [5.41, 5.74) is 1.20. The zero-order valence-corrected chi connectivity index (χ0v) is 21.7. The maximum Gasteiger partial charge on any atom is 0.340 e. The number of sulfonamides is 1. The van der Waals surface area contributed by atoms with Gasteiger partial charge >= 0.3 is 5.97 Å². The fraction of sp³-hybridized carbons (Fsp3) is 0.167. The largest absolute Gasteiger partial charge is 0.449 e. The lowest BCUT2D eigenvalue weighted by Gasteiger charge is -2.16. The van der Waals surface area contributed by atoms with Gasteiger partial charge in [0.15, 0.2) is 6.10 Å². The molecule has 0 saturated heterocycles. The quantitative estimate of drug-likeness (QED) is 0.372. The van der Waals surface area contributed by atoms with E-state index in [-0.39, 0.29) is 21.3 Å². The van der Waals surface area contributed by atoms with E-state index in [0.29, 0.717) is 5.69 Å². The highest BCUT2D eigenvalue weighted by molar-refractivity contribution is 7.92. The molecule has 0 aliphatic carbocycles. The van der Waals surface area contributed by atoms with Gasteiger partial charge in [-0.2, -0.15) is 0 Å². The fourth-order valence-electron chi connectivity index (χ4n) is 2.98. The van der Waals surface area contributed by atoms with Crippen LogP contribution in [0, 0.1) is 5.82 Å². The van der Waals surface area contributed by atoms with Crippen LogP contribution in [0.2, 0.25) is 10.0 Å². The van der Waals surface area contributed by atoms with E-state index in [4.69, 9.17) is 27.9 Å². The van der Waals surface area contributed by atoms with Crippen molar-refractivity contribution < 1.29 is 27.1 Å². The van der Waals surface area contributed by atoms with Crippen LogP contribution in [0.4, 0.5) is 21.5 Å². The predicted octanol–water partition coefficient (Wildman–Crippen LogP) is 5.18. The molecule has 0 saturated carbocycles. The first kappa shape index (κ1) is 27.3. The number of ether oxygens (including phenoxy) is 1. The minimum absolute atomic E-state index is 0.0791. The Morgan fingerprint density at radius 2 is 1.53 bits per heavy atom. The van der Waals surface area contributed by atoms with Crippen LogP contribution < -0.4 is 14.9 Å². The highest BCUT2D eigenvalue weighted by atomic mass is 35.5. The van der Waals surface area contributed by atoms with Crippen LogP contribution in [0.1, 0.15) is 17.3 Å². The number of nitrogens with zero attached hydrogens (tertiary/aromatic N) is 1. The Kier molecular flexibility index (Phi) is 8.44. The minimum atomic E-state index is -4.28. The number of nitrogens with one attached hydrogen (secondary N) is 2. The van der Waals surface area contributed by atoms with Gasteiger partial charge < -0.3 is 15.0 Å². The number of amides is 1. The van der Waals surface area contributed by atoms with Crippen LogP contribution in [0.25, 0.3) is 0 Å². The van der Waals surface area contributed by atoms with Crippen molar-refractivity contribution in [3.05, 3.63) is 82.1 Å². The summed E-state index contributed by atoms with van der Waals surface area (Å²) < 4.78 is 46.3. The van der Waals surface area contributed by atoms with Gasteiger partial charge in [-0.15, -0.1) is 0 Å².